The van der Waals surface area contributed by atoms with Gasteiger partial charge in [0.15, 0.2) is 0 Å². The Morgan fingerprint density at radius 1 is 1.14 bits per heavy atom. The highest BCUT2D eigenvalue weighted by atomic mass is 19.1. The van der Waals surface area contributed by atoms with Gasteiger partial charge in [-0.3, -0.25) is 4.79 Å². The number of likely N-dealkylation sites (N-methyl/N-ethyl adjacent to an activating group) is 1. The predicted octanol–water partition coefficient (Wildman–Crippen LogP) is 2.41. The molecule has 1 amide bonds. The zero-order chi connectivity index (χ0) is 19.5. The van der Waals surface area contributed by atoms with Gasteiger partial charge >= 0.3 is 0 Å². The molecule has 0 spiro atoms. The summed E-state index contributed by atoms with van der Waals surface area (Å²) in [5.74, 6) is -0.511. The second-order valence-corrected chi connectivity index (χ2v) is 6.76. The Morgan fingerprint density at radius 2 is 1.96 bits per heavy atom. The number of halogens is 1. The summed E-state index contributed by atoms with van der Waals surface area (Å²) in [6.07, 6.45) is 5.05. The minimum atomic E-state index is -0.487. The second-order valence-electron chi connectivity index (χ2n) is 6.76. The van der Waals surface area contributed by atoms with Crippen LogP contribution in [0.3, 0.4) is 0 Å². The van der Waals surface area contributed by atoms with Crippen LogP contribution in [0.15, 0.2) is 55.0 Å². The highest BCUT2D eigenvalue weighted by molar-refractivity contribution is 6.06. The summed E-state index contributed by atoms with van der Waals surface area (Å²) in [7, 11) is 2.11. The molecule has 2 aromatic heterocycles. The zero-order valence-corrected chi connectivity index (χ0v) is 15.5. The highest BCUT2D eigenvalue weighted by Crippen LogP contribution is 2.20. The average Bonchev–Trinajstić information content (AvgIpc) is 3.24. The molecule has 1 aliphatic heterocycles. The molecule has 1 aromatic carbocycles. The van der Waals surface area contributed by atoms with Crippen molar-refractivity contribution in [2.75, 3.05) is 43.4 Å². The summed E-state index contributed by atoms with van der Waals surface area (Å²) < 4.78 is 15.3. The van der Waals surface area contributed by atoms with Crippen LogP contribution in [0.25, 0.3) is 5.69 Å². The Labute approximate surface area is 162 Å². The molecule has 4 rings (SSSR count). The first-order valence-electron chi connectivity index (χ1n) is 9.10. The van der Waals surface area contributed by atoms with Crippen LogP contribution in [0.1, 0.15) is 10.4 Å². The van der Waals surface area contributed by atoms with E-state index in [-0.39, 0.29) is 5.56 Å². The van der Waals surface area contributed by atoms with E-state index in [0.717, 1.165) is 31.9 Å². The van der Waals surface area contributed by atoms with Gasteiger partial charge in [0.25, 0.3) is 5.91 Å². The second kappa shape index (κ2) is 7.77. The number of piperazine rings is 1. The van der Waals surface area contributed by atoms with Crippen molar-refractivity contribution in [1.29, 1.82) is 0 Å². The lowest BCUT2D eigenvalue weighted by atomic mass is 10.1. The van der Waals surface area contributed by atoms with Crippen molar-refractivity contribution in [2.45, 2.75) is 0 Å². The third-order valence-electron chi connectivity index (χ3n) is 4.81. The minimum Gasteiger partial charge on any atom is -0.368 e. The number of carbonyl (C=O) groups excluding carboxylic acids is 1. The van der Waals surface area contributed by atoms with E-state index in [1.54, 1.807) is 30.7 Å². The third kappa shape index (κ3) is 3.86. The normalized spacial score (nSPS) is 14.9. The first-order chi connectivity index (χ1) is 13.6. The van der Waals surface area contributed by atoms with Gasteiger partial charge in [0.1, 0.15) is 11.6 Å². The van der Waals surface area contributed by atoms with Crippen molar-refractivity contribution in [3.63, 3.8) is 0 Å². The summed E-state index contributed by atoms with van der Waals surface area (Å²) in [5, 5.41) is 6.86. The molecule has 0 atom stereocenters. The molecular weight excluding hydrogens is 359 g/mol. The fraction of sp³-hybridized carbons (Fsp3) is 0.250. The fourth-order valence-corrected chi connectivity index (χ4v) is 3.20. The number of pyridine rings is 1. The van der Waals surface area contributed by atoms with Gasteiger partial charge in [-0.15, -0.1) is 0 Å². The Balaban J connectivity index is 1.51. The molecule has 144 valence electrons. The lowest BCUT2D eigenvalue weighted by molar-refractivity contribution is 0.102. The molecule has 1 aliphatic rings. The van der Waals surface area contributed by atoms with Crippen molar-refractivity contribution in [3.05, 3.63) is 66.4 Å². The molecule has 3 aromatic rings. The molecule has 0 saturated carbocycles. The summed E-state index contributed by atoms with van der Waals surface area (Å²) in [6, 6.07) is 9.47. The minimum absolute atomic E-state index is 0.189. The largest absolute Gasteiger partial charge is 0.368 e. The lowest BCUT2D eigenvalue weighted by Crippen LogP contribution is -2.44. The molecule has 0 bridgehead atoms. The Kier molecular flexibility index (Phi) is 5.03. The van der Waals surface area contributed by atoms with Gasteiger partial charge in [0, 0.05) is 38.6 Å². The fourth-order valence-electron chi connectivity index (χ4n) is 3.20. The number of nitrogens with zero attached hydrogens (tertiary/aromatic N) is 5. The third-order valence-corrected chi connectivity index (χ3v) is 4.81. The summed E-state index contributed by atoms with van der Waals surface area (Å²) in [4.78, 5) is 21.6. The SMILES string of the molecule is CN1CCN(c2ccc(NC(=O)c3cc(F)ccc3-n3cccn3)nc2)CC1. The monoisotopic (exact) mass is 380 g/mol. The van der Waals surface area contributed by atoms with Gasteiger partial charge < -0.3 is 15.1 Å². The quantitative estimate of drug-likeness (QED) is 0.753. The number of rotatable bonds is 4. The van der Waals surface area contributed by atoms with Gasteiger partial charge in [-0.1, -0.05) is 0 Å². The number of hydrogen-bond donors (Lipinski definition) is 1. The Morgan fingerprint density at radius 3 is 2.64 bits per heavy atom. The summed E-state index contributed by atoms with van der Waals surface area (Å²) in [5.41, 5.74) is 1.71. The smallest absolute Gasteiger partial charge is 0.259 e. The molecule has 1 saturated heterocycles. The van der Waals surface area contributed by atoms with Gasteiger partial charge in [-0.05, 0) is 43.4 Å². The predicted molar refractivity (Wildman–Crippen MR) is 105 cm³/mol. The highest BCUT2D eigenvalue weighted by Gasteiger charge is 2.17. The van der Waals surface area contributed by atoms with E-state index >= 15 is 0 Å². The molecule has 0 unspecified atom stereocenters. The van der Waals surface area contributed by atoms with E-state index < -0.39 is 11.7 Å². The van der Waals surface area contributed by atoms with Crippen molar-refractivity contribution in [1.82, 2.24) is 19.7 Å². The number of nitrogens with one attached hydrogen (secondary N) is 1. The molecule has 1 N–H and O–H groups in total. The van der Waals surface area contributed by atoms with Crippen LogP contribution >= 0.6 is 0 Å². The maximum absolute atomic E-state index is 13.7. The molecular formula is C20H21FN6O. The molecule has 3 heterocycles. The number of aromatic nitrogens is 3. The standard InChI is InChI=1S/C20H21FN6O/c1-25-9-11-26(12-10-25)16-4-6-19(22-14-16)24-20(28)17-13-15(21)3-5-18(17)27-8-2-7-23-27/h2-8,13-14H,9-12H2,1H3,(H,22,24,28). The first kappa shape index (κ1) is 18.1. The van der Waals surface area contributed by atoms with Crippen LogP contribution in [-0.4, -0.2) is 58.8 Å². The average molecular weight is 380 g/mol. The van der Waals surface area contributed by atoms with E-state index in [4.69, 9.17) is 0 Å². The van der Waals surface area contributed by atoms with Crippen molar-refractivity contribution < 1.29 is 9.18 Å². The number of hydrogen-bond acceptors (Lipinski definition) is 5. The van der Waals surface area contributed by atoms with Gasteiger partial charge in [-0.25, -0.2) is 14.1 Å². The maximum Gasteiger partial charge on any atom is 0.259 e. The van der Waals surface area contributed by atoms with Crippen LogP contribution in [0.4, 0.5) is 15.9 Å². The molecule has 7 nitrogen and oxygen atoms in total. The molecule has 28 heavy (non-hydrogen) atoms. The van der Waals surface area contributed by atoms with Crippen LogP contribution < -0.4 is 10.2 Å². The number of anilines is 2. The van der Waals surface area contributed by atoms with Crippen molar-refractivity contribution in [2.24, 2.45) is 0 Å². The Hall–Kier alpha value is -3.26. The van der Waals surface area contributed by atoms with Crippen LogP contribution in [0.2, 0.25) is 0 Å². The van der Waals surface area contributed by atoms with E-state index in [1.165, 1.54) is 22.9 Å². The van der Waals surface area contributed by atoms with E-state index in [1.807, 2.05) is 6.07 Å². The summed E-state index contributed by atoms with van der Waals surface area (Å²) >= 11 is 0. The molecule has 1 fully saturated rings. The van der Waals surface area contributed by atoms with Crippen molar-refractivity contribution >= 4 is 17.4 Å². The number of amides is 1. The van der Waals surface area contributed by atoms with E-state index in [0.29, 0.717) is 11.5 Å². The lowest BCUT2D eigenvalue weighted by Gasteiger charge is -2.33. The van der Waals surface area contributed by atoms with Gasteiger partial charge in [0.05, 0.1) is 23.1 Å². The summed E-state index contributed by atoms with van der Waals surface area (Å²) in [6.45, 7) is 3.91. The molecule has 0 radical (unpaired) electrons. The number of carbonyl (C=O) groups is 1. The van der Waals surface area contributed by atoms with Crippen LogP contribution in [0.5, 0.6) is 0 Å². The molecule has 0 aliphatic carbocycles. The Bertz CT molecular complexity index is 949. The van der Waals surface area contributed by atoms with E-state index in [2.05, 4.69) is 32.2 Å². The molecule has 8 heteroatoms. The maximum atomic E-state index is 13.7. The number of benzene rings is 1. The van der Waals surface area contributed by atoms with Gasteiger partial charge in [0.2, 0.25) is 0 Å². The topological polar surface area (TPSA) is 66.3 Å². The first-order valence-corrected chi connectivity index (χ1v) is 9.10. The van der Waals surface area contributed by atoms with Crippen molar-refractivity contribution in [3.8, 4) is 5.69 Å². The van der Waals surface area contributed by atoms with Crippen LogP contribution in [-0.2, 0) is 0 Å². The zero-order valence-electron chi connectivity index (χ0n) is 15.5. The van der Waals surface area contributed by atoms with E-state index in [9.17, 15) is 9.18 Å². The van der Waals surface area contributed by atoms with Crippen LogP contribution in [0, 0.1) is 5.82 Å². The van der Waals surface area contributed by atoms with Gasteiger partial charge in [-0.2, -0.15) is 5.10 Å².